The van der Waals surface area contributed by atoms with Gasteiger partial charge in [0.15, 0.2) is 11.5 Å². The molecule has 1 amide bonds. The molecule has 1 atom stereocenters. The van der Waals surface area contributed by atoms with Crippen LogP contribution in [-0.4, -0.2) is 38.9 Å². The number of aryl methyl sites for hydroxylation is 1. The van der Waals surface area contributed by atoms with E-state index in [0.29, 0.717) is 11.3 Å². The van der Waals surface area contributed by atoms with Gasteiger partial charge in [0, 0.05) is 24.0 Å². The van der Waals surface area contributed by atoms with Gasteiger partial charge in [0.2, 0.25) is 11.7 Å². The monoisotopic (exact) mass is 402 g/mol. The van der Waals surface area contributed by atoms with Crippen molar-refractivity contribution >= 4 is 5.91 Å². The molecule has 0 saturated heterocycles. The Balaban J connectivity index is 2.71. The van der Waals surface area contributed by atoms with E-state index in [1.807, 2.05) is 6.07 Å². The molecule has 1 aromatic heterocycles. The summed E-state index contributed by atoms with van der Waals surface area (Å²) in [6.45, 7) is 1.33. The number of methoxy groups -OCH3 is 3. The predicted molar refractivity (Wildman–Crippen MR) is 103 cm³/mol. The number of benzene rings is 1. The molecule has 1 aromatic carbocycles. The molecular weight excluding hydrogens is 380 g/mol. The molecule has 0 aliphatic carbocycles. The Morgan fingerprint density at radius 1 is 1.24 bits per heavy atom. The molecule has 0 bridgehead atoms. The quantitative estimate of drug-likeness (QED) is 0.640. The maximum atomic E-state index is 12.5. The lowest BCUT2D eigenvalue weighted by Gasteiger charge is -2.22. The van der Waals surface area contributed by atoms with Crippen LogP contribution in [0.4, 0.5) is 0 Å². The summed E-state index contributed by atoms with van der Waals surface area (Å²) in [6.07, 6.45) is -0.241. The van der Waals surface area contributed by atoms with Crippen molar-refractivity contribution < 1.29 is 28.5 Å². The molecule has 9 heteroatoms. The van der Waals surface area contributed by atoms with Crippen molar-refractivity contribution in [2.45, 2.75) is 19.3 Å². The fourth-order valence-electron chi connectivity index (χ4n) is 3.09. The van der Waals surface area contributed by atoms with E-state index in [9.17, 15) is 14.7 Å². The van der Waals surface area contributed by atoms with Gasteiger partial charge >= 0.3 is 5.63 Å². The Morgan fingerprint density at radius 2 is 1.93 bits per heavy atom. The fourth-order valence-corrected chi connectivity index (χ4v) is 3.09. The maximum absolute atomic E-state index is 12.5. The molecule has 0 fully saturated rings. The minimum absolute atomic E-state index is 0.103. The zero-order chi connectivity index (χ0) is 21.6. The Bertz CT molecular complexity index is 992. The van der Waals surface area contributed by atoms with Gasteiger partial charge in [-0.2, -0.15) is 5.26 Å². The Labute approximate surface area is 167 Å². The van der Waals surface area contributed by atoms with Crippen LogP contribution in [-0.2, 0) is 4.79 Å². The number of hydrogen-bond acceptors (Lipinski definition) is 8. The Morgan fingerprint density at radius 3 is 2.48 bits per heavy atom. The summed E-state index contributed by atoms with van der Waals surface area (Å²) >= 11 is 0. The third kappa shape index (κ3) is 4.60. The van der Waals surface area contributed by atoms with Crippen LogP contribution >= 0.6 is 0 Å². The van der Waals surface area contributed by atoms with E-state index in [0.717, 1.165) is 0 Å². The molecule has 0 aliphatic rings. The van der Waals surface area contributed by atoms with Gasteiger partial charge < -0.3 is 29.1 Å². The van der Waals surface area contributed by atoms with Crippen LogP contribution < -0.4 is 25.2 Å². The number of nitrogens with one attached hydrogen (secondary N) is 1. The van der Waals surface area contributed by atoms with Gasteiger partial charge in [-0.15, -0.1) is 0 Å². The fraction of sp³-hybridized carbons (Fsp3) is 0.350. The van der Waals surface area contributed by atoms with Gasteiger partial charge in [-0.05, 0) is 13.0 Å². The van der Waals surface area contributed by atoms with Crippen molar-refractivity contribution in [1.82, 2.24) is 5.32 Å². The summed E-state index contributed by atoms with van der Waals surface area (Å²) in [5, 5.41) is 21.6. The molecule has 29 heavy (non-hydrogen) atoms. The number of rotatable bonds is 8. The van der Waals surface area contributed by atoms with E-state index >= 15 is 0 Å². The van der Waals surface area contributed by atoms with E-state index < -0.39 is 17.5 Å². The molecule has 1 unspecified atom stereocenters. The number of carbonyl (C=O) groups is 1. The normalized spacial score (nSPS) is 11.3. The number of ether oxygens (including phenoxy) is 3. The molecule has 9 nitrogen and oxygen atoms in total. The topological polar surface area (TPSA) is 131 Å². The van der Waals surface area contributed by atoms with E-state index in [-0.39, 0.29) is 41.5 Å². The summed E-state index contributed by atoms with van der Waals surface area (Å²) in [5.74, 6) is -0.610. The molecule has 154 valence electrons. The second kappa shape index (κ2) is 9.50. The van der Waals surface area contributed by atoms with E-state index in [1.165, 1.54) is 34.3 Å². The smallest absolute Gasteiger partial charge is 0.343 e. The van der Waals surface area contributed by atoms with Gasteiger partial charge in [-0.25, -0.2) is 4.79 Å². The van der Waals surface area contributed by atoms with Gasteiger partial charge in [0.1, 0.15) is 18.1 Å². The number of carbonyl (C=O) groups excluding carboxylic acids is 1. The van der Waals surface area contributed by atoms with E-state index in [2.05, 4.69) is 5.32 Å². The summed E-state index contributed by atoms with van der Waals surface area (Å²) < 4.78 is 21.3. The SMILES string of the molecule is COc1ccc(C(CC(=O)NCC#N)c2c(O)cc(C)oc2=O)c(OC)c1OC. The largest absolute Gasteiger partial charge is 0.507 e. The summed E-state index contributed by atoms with van der Waals surface area (Å²) in [5.41, 5.74) is -0.477. The van der Waals surface area contributed by atoms with Crippen LogP contribution in [0.25, 0.3) is 0 Å². The molecule has 0 aliphatic heterocycles. The highest BCUT2D eigenvalue weighted by molar-refractivity contribution is 5.78. The lowest BCUT2D eigenvalue weighted by molar-refractivity contribution is -0.121. The van der Waals surface area contributed by atoms with Crippen LogP contribution in [0.1, 0.15) is 29.2 Å². The van der Waals surface area contributed by atoms with Crippen LogP contribution in [0.5, 0.6) is 23.0 Å². The van der Waals surface area contributed by atoms with Gasteiger partial charge in [-0.1, -0.05) is 6.07 Å². The number of aromatic hydroxyl groups is 1. The summed E-state index contributed by atoms with van der Waals surface area (Å²) in [4.78, 5) is 24.9. The second-order valence-corrected chi connectivity index (χ2v) is 6.06. The highest BCUT2D eigenvalue weighted by Gasteiger charge is 2.30. The molecule has 2 N–H and O–H groups in total. The van der Waals surface area contributed by atoms with Gasteiger partial charge in [0.05, 0.1) is 33.0 Å². The first kappa shape index (κ1) is 21.6. The van der Waals surface area contributed by atoms with Crippen LogP contribution in [0.2, 0.25) is 0 Å². The number of nitriles is 1. The first-order valence-corrected chi connectivity index (χ1v) is 8.64. The maximum Gasteiger partial charge on any atom is 0.343 e. The molecule has 0 spiro atoms. The Kier molecular flexibility index (Phi) is 7.09. The van der Waals surface area contributed by atoms with Gasteiger partial charge in [-0.3, -0.25) is 4.79 Å². The average Bonchev–Trinajstić information content (AvgIpc) is 2.69. The average molecular weight is 402 g/mol. The second-order valence-electron chi connectivity index (χ2n) is 6.06. The Hall–Kier alpha value is -3.67. The van der Waals surface area contributed by atoms with E-state index in [1.54, 1.807) is 12.1 Å². The minimum atomic E-state index is -0.930. The lowest BCUT2D eigenvalue weighted by atomic mass is 9.87. The van der Waals surface area contributed by atoms with Gasteiger partial charge in [0.25, 0.3) is 0 Å². The standard InChI is InChI=1S/C20H22N2O7/c1-11-9-14(23)17(20(25)29-11)13(10-16(24)22-8-7-21)12-5-6-15(26-2)19(28-4)18(12)27-3/h5-6,9,13,23H,8,10H2,1-4H3,(H,22,24). The zero-order valence-corrected chi connectivity index (χ0v) is 16.6. The van der Waals surface area contributed by atoms with Crippen molar-refractivity contribution in [3.05, 3.63) is 45.5 Å². The molecule has 0 saturated carbocycles. The van der Waals surface area contributed by atoms with Crippen LogP contribution in [0.15, 0.2) is 27.4 Å². The molecule has 1 heterocycles. The zero-order valence-electron chi connectivity index (χ0n) is 16.6. The van der Waals surface area contributed by atoms with Crippen molar-refractivity contribution in [2.75, 3.05) is 27.9 Å². The molecular formula is C20H22N2O7. The van der Waals surface area contributed by atoms with Crippen molar-refractivity contribution in [3.8, 4) is 29.1 Å². The first-order chi connectivity index (χ1) is 13.9. The third-order valence-corrected chi connectivity index (χ3v) is 4.30. The van der Waals surface area contributed by atoms with Crippen LogP contribution in [0.3, 0.4) is 0 Å². The van der Waals surface area contributed by atoms with E-state index in [4.69, 9.17) is 23.9 Å². The van der Waals surface area contributed by atoms with Crippen molar-refractivity contribution in [2.24, 2.45) is 0 Å². The number of amides is 1. The molecule has 2 rings (SSSR count). The van der Waals surface area contributed by atoms with Crippen LogP contribution in [0, 0.1) is 18.3 Å². The molecule has 0 radical (unpaired) electrons. The third-order valence-electron chi connectivity index (χ3n) is 4.30. The highest BCUT2D eigenvalue weighted by Crippen LogP contribution is 2.45. The minimum Gasteiger partial charge on any atom is -0.507 e. The highest BCUT2D eigenvalue weighted by atomic mass is 16.5. The number of nitrogens with zero attached hydrogens (tertiary/aromatic N) is 1. The lowest BCUT2D eigenvalue weighted by Crippen LogP contribution is -2.27. The predicted octanol–water partition coefficient (Wildman–Crippen LogP) is 1.84. The van der Waals surface area contributed by atoms with Crippen molar-refractivity contribution in [3.63, 3.8) is 0 Å². The molecule has 2 aromatic rings. The van der Waals surface area contributed by atoms with Crippen molar-refractivity contribution in [1.29, 1.82) is 5.26 Å². The number of hydrogen-bond donors (Lipinski definition) is 2. The summed E-state index contributed by atoms with van der Waals surface area (Å²) in [7, 11) is 4.30. The summed E-state index contributed by atoms with van der Waals surface area (Å²) in [6, 6.07) is 6.32. The first-order valence-electron chi connectivity index (χ1n) is 8.64.